The Morgan fingerprint density at radius 1 is 1.45 bits per heavy atom. The van der Waals surface area contributed by atoms with E-state index in [4.69, 9.17) is 16.1 Å². The first-order valence-corrected chi connectivity index (χ1v) is 8.85. The maximum absolute atomic E-state index is 12.4. The molecule has 0 aliphatic carbocycles. The van der Waals surface area contributed by atoms with E-state index < -0.39 is 10.0 Å². The maximum Gasteiger partial charge on any atom is 0.221 e. The number of thiophene rings is 1. The lowest BCUT2D eigenvalue weighted by molar-refractivity contribution is 0.380. The standard InChI is InChI=1S/C12H15ClN2O3S2/c1-3-15(7-11-4-5-12(13)19-11)20(16,17)8-10-6-9(2)14-18-10/h4-6H,3,7-8H2,1-2H3. The lowest BCUT2D eigenvalue weighted by Gasteiger charge is -2.18. The lowest BCUT2D eigenvalue weighted by atomic mass is 10.4. The van der Waals surface area contributed by atoms with Gasteiger partial charge in [-0.1, -0.05) is 23.7 Å². The molecule has 8 heteroatoms. The normalized spacial score (nSPS) is 12.2. The molecule has 2 aromatic rings. The molecule has 0 N–H and O–H groups in total. The number of halogens is 1. The molecule has 20 heavy (non-hydrogen) atoms. The number of aromatic nitrogens is 1. The zero-order valence-corrected chi connectivity index (χ0v) is 13.6. The summed E-state index contributed by atoms with van der Waals surface area (Å²) in [5, 5.41) is 3.70. The molecule has 2 rings (SSSR count). The third-order valence-corrected chi connectivity index (χ3v) is 5.75. The molecule has 0 fully saturated rings. The van der Waals surface area contributed by atoms with E-state index in [1.54, 1.807) is 26.0 Å². The average Bonchev–Trinajstić information content (AvgIpc) is 2.94. The van der Waals surface area contributed by atoms with Gasteiger partial charge < -0.3 is 4.52 Å². The van der Waals surface area contributed by atoms with Gasteiger partial charge in [-0.05, 0) is 19.1 Å². The van der Waals surface area contributed by atoms with Crippen LogP contribution < -0.4 is 0 Å². The van der Waals surface area contributed by atoms with Crippen LogP contribution in [0.2, 0.25) is 4.34 Å². The molecule has 110 valence electrons. The van der Waals surface area contributed by atoms with Crippen molar-refractivity contribution < 1.29 is 12.9 Å². The van der Waals surface area contributed by atoms with Crippen LogP contribution in [0.3, 0.4) is 0 Å². The van der Waals surface area contributed by atoms with Crippen LogP contribution in [-0.4, -0.2) is 24.4 Å². The first-order valence-electron chi connectivity index (χ1n) is 6.05. The predicted octanol–water partition coefficient (Wildman–Crippen LogP) is 3.05. The van der Waals surface area contributed by atoms with Crippen LogP contribution in [0.4, 0.5) is 0 Å². The first kappa shape index (κ1) is 15.5. The topological polar surface area (TPSA) is 63.4 Å². The van der Waals surface area contributed by atoms with E-state index in [9.17, 15) is 8.42 Å². The van der Waals surface area contributed by atoms with Crippen molar-refractivity contribution in [2.45, 2.75) is 26.1 Å². The van der Waals surface area contributed by atoms with Gasteiger partial charge in [0.2, 0.25) is 10.0 Å². The van der Waals surface area contributed by atoms with Crippen molar-refractivity contribution in [2.75, 3.05) is 6.54 Å². The molecule has 5 nitrogen and oxygen atoms in total. The van der Waals surface area contributed by atoms with Crippen molar-refractivity contribution >= 4 is 33.0 Å². The smallest absolute Gasteiger partial charge is 0.221 e. The molecule has 0 aliphatic rings. The maximum atomic E-state index is 12.4. The van der Waals surface area contributed by atoms with Gasteiger partial charge in [-0.15, -0.1) is 11.3 Å². The predicted molar refractivity (Wildman–Crippen MR) is 79.3 cm³/mol. The second-order valence-electron chi connectivity index (χ2n) is 4.32. The van der Waals surface area contributed by atoms with Crippen molar-refractivity contribution in [1.82, 2.24) is 9.46 Å². The molecule has 2 aromatic heterocycles. The molecular formula is C12H15ClN2O3S2. The second-order valence-corrected chi connectivity index (χ2v) is 8.09. The van der Waals surface area contributed by atoms with Crippen molar-refractivity contribution in [2.24, 2.45) is 0 Å². The Balaban J connectivity index is 2.12. The Hall–Kier alpha value is -0.890. The molecule has 0 saturated carbocycles. The zero-order chi connectivity index (χ0) is 14.8. The Bertz CT molecular complexity index is 678. The number of aryl methyl sites for hydroxylation is 1. The van der Waals surface area contributed by atoms with Crippen LogP contribution in [0, 0.1) is 6.92 Å². The lowest BCUT2D eigenvalue weighted by Crippen LogP contribution is -2.31. The number of hydrogen-bond acceptors (Lipinski definition) is 5. The summed E-state index contributed by atoms with van der Waals surface area (Å²) in [5.74, 6) is 0.172. The number of hydrogen-bond donors (Lipinski definition) is 0. The monoisotopic (exact) mass is 334 g/mol. The summed E-state index contributed by atoms with van der Waals surface area (Å²) in [5.41, 5.74) is 0.670. The van der Waals surface area contributed by atoms with Crippen LogP contribution in [0.5, 0.6) is 0 Å². The van der Waals surface area contributed by atoms with Crippen molar-refractivity contribution in [3.63, 3.8) is 0 Å². The summed E-state index contributed by atoms with van der Waals surface area (Å²) in [7, 11) is -3.44. The summed E-state index contributed by atoms with van der Waals surface area (Å²) in [6, 6.07) is 5.24. The summed E-state index contributed by atoms with van der Waals surface area (Å²) >= 11 is 7.24. The highest BCUT2D eigenvalue weighted by Crippen LogP contribution is 2.24. The van der Waals surface area contributed by atoms with Crippen LogP contribution >= 0.6 is 22.9 Å². The van der Waals surface area contributed by atoms with E-state index in [1.807, 2.05) is 6.07 Å². The highest BCUT2D eigenvalue weighted by molar-refractivity contribution is 7.88. The minimum Gasteiger partial charge on any atom is -0.360 e. The zero-order valence-electron chi connectivity index (χ0n) is 11.2. The van der Waals surface area contributed by atoms with Gasteiger partial charge in [0.25, 0.3) is 0 Å². The number of nitrogens with zero attached hydrogens (tertiary/aromatic N) is 2. The van der Waals surface area contributed by atoms with Gasteiger partial charge in [0, 0.05) is 24.0 Å². The summed E-state index contributed by atoms with van der Waals surface area (Å²) < 4.78 is 31.8. The second kappa shape index (κ2) is 6.26. The molecule has 0 atom stereocenters. The van der Waals surface area contributed by atoms with Crippen LogP contribution in [-0.2, 0) is 22.3 Å². The molecule has 0 amide bonds. The van der Waals surface area contributed by atoms with Crippen LogP contribution in [0.15, 0.2) is 22.7 Å². The molecule has 0 radical (unpaired) electrons. The molecular weight excluding hydrogens is 320 g/mol. The minimum absolute atomic E-state index is 0.180. The molecule has 0 spiro atoms. The Kier molecular flexibility index (Phi) is 4.85. The van der Waals surface area contributed by atoms with Gasteiger partial charge >= 0.3 is 0 Å². The van der Waals surface area contributed by atoms with Gasteiger partial charge in [0.05, 0.1) is 10.0 Å². The van der Waals surface area contributed by atoms with Gasteiger partial charge in [-0.3, -0.25) is 0 Å². The van der Waals surface area contributed by atoms with E-state index in [-0.39, 0.29) is 5.75 Å². The third kappa shape index (κ3) is 3.82. The number of sulfonamides is 1. The largest absolute Gasteiger partial charge is 0.360 e. The summed E-state index contributed by atoms with van der Waals surface area (Å²) in [4.78, 5) is 0.911. The SMILES string of the molecule is CCN(Cc1ccc(Cl)s1)S(=O)(=O)Cc1cc(C)no1. The van der Waals surface area contributed by atoms with Gasteiger partial charge in [-0.25, -0.2) is 8.42 Å². The third-order valence-electron chi connectivity index (χ3n) is 2.71. The highest BCUT2D eigenvalue weighted by atomic mass is 35.5. The Labute approximate surface area is 127 Å². The van der Waals surface area contributed by atoms with Crippen molar-refractivity contribution in [3.8, 4) is 0 Å². The Morgan fingerprint density at radius 2 is 2.20 bits per heavy atom. The molecule has 0 bridgehead atoms. The molecule has 0 saturated heterocycles. The molecule has 2 heterocycles. The van der Waals surface area contributed by atoms with E-state index >= 15 is 0 Å². The van der Waals surface area contributed by atoms with Crippen LogP contribution in [0.25, 0.3) is 0 Å². The van der Waals surface area contributed by atoms with E-state index in [1.165, 1.54) is 15.6 Å². The van der Waals surface area contributed by atoms with Gasteiger partial charge in [0.1, 0.15) is 5.75 Å². The molecule has 0 aromatic carbocycles. The number of rotatable bonds is 6. The fourth-order valence-corrected chi connectivity index (χ4v) is 4.37. The van der Waals surface area contributed by atoms with Gasteiger partial charge in [0.15, 0.2) is 5.76 Å². The van der Waals surface area contributed by atoms with E-state index in [0.29, 0.717) is 28.9 Å². The van der Waals surface area contributed by atoms with Gasteiger partial charge in [-0.2, -0.15) is 4.31 Å². The average molecular weight is 335 g/mol. The fourth-order valence-electron chi connectivity index (χ4n) is 1.77. The Morgan fingerprint density at radius 3 is 2.70 bits per heavy atom. The summed E-state index contributed by atoms with van der Waals surface area (Å²) in [6.07, 6.45) is 0. The first-order chi connectivity index (χ1) is 9.40. The van der Waals surface area contributed by atoms with E-state index in [2.05, 4.69) is 5.16 Å². The van der Waals surface area contributed by atoms with Crippen LogP contribution in [0.1, 0.15) is 23.3 Å². The quantitative estimate of drug-likeness (QED) is 0.814. The van der Waals surface area contributed by atoms with Crippen molar-refractivity contribution in [3.05, 3.63) is 38.9 Å². The highest BCUT2D eigenvalue weighted by Gasteiger charge is 2.23. The molecule has 0 unspecified atom stereocenters. The van der Waals surface area contributed by atoms with E-state index in [0.717, 1.165) is 4.88 Å². The summed E-state index contributed by atoms with van der Waals surface area (Å²) in [6.45, 7) is 4.28. The fraction of sp³-hybridized carbons (Fsp3) is 0.417. The minimum atomic E-state index is -3.44. The van der Waals surface area contributed by atoms with Crippen molar-refractivity contribution in [1.29, 1.82) is 0 Å². The molecule has 0 aliphatic heterocycles.